The molecule has 5 aromatic rings. The highest BCUT2D eigenvalue weighted by Gasteiger charge is 2.18. The average molecular weight is 398 g/mol. The number of halogens is 1. The summed E-state index contributed by atoms with van der Waals surface area (Å²) in [4.78, 5) is 9.21. The topological polar surface area (TPSA) is 39.8 Å². The number of aryl methyl sites for hydroxylation is 1. The second kappa shape index (κ2) is 6.52. The molecule has 0 spiro atoms. The third kappa shape index (κ3) is 2.58. The van der Waals surface area contributed by atoms with Crippen molar-refractivity contribution < 1.29 is 4.39 Å². The predicted octanol–water partition coefficient (Wildman–Crippen LogP) is 6.06. The minimum absolute atomic E-state index is 0.213. The van der Waals surface area contributed by atoms with Gasteiger partial charge in [0.2, 0.25) is 0 Å². The summed E-state index contributed by atoms with van der Waals surface area (Å²) in [5, 5.41) is 2.26. The van der Waals surface area contributed by atoms with E-state index in [0.29, 0.717) is 0 Å². The molecule has 2 N–H and O–H groups in total. The number of hydrogen-bond donors (Lipinski definition) is 2. The Morgan fingerprint density at radius 2 is 1.60 bits per heavy atom. The number of nitrogens with zero attached hydrogens (tertiary/aromatic N) is 2. The maximum absolute atomic E-state index is 13.8. The van der Waals surface area contributed by atoms with E-state index in [9.17, 15) is 4.39 Å². The van der Waals surface area contributed by atoms with Crippen molar-refractivity contribution in [3.05, 3.63) is 67.0 Å². The first kappa shape index (κ1) is 17.4. The van der Waals surface area contributed by atoms with Gasteiger partial charge < -0.3 is 19.4 Å². The number of aromatic amines is 2. The fraction of sp³-hybridized carbons (Fsp3) is 0.200. The van der Waals surface area contributed by atoms with Gasteiger partial charge in [-0.25, -0.2) is 4.39 Å². The lowest BCUT2D eigenvalue weighted by Crippen LogP contribution is -2.17. The van der Waals surface area contributed by atoms with Crippen LogP contribution in [0.3, 0.4) is 0 Å². The monoisotopic (exact) mass is 398 g/mol. The van der Waals surface area contributed by atoms with Gasteiger partial charge in [-0.3, -0.25) is 0 Å². The zero-order valence-corrected chi connectivity index (χ0v) is 16.9. The van der Waals surface area contributed by atoms with Gasteiger partial charge in [0.1, 0.15) is 5.82 Å². The number of H-pyrrole nitrogens is 2. The minimum atomic E-state index is -0.213. The Hall–Kier alpha value is -3.47. The molecule has 0 radical (unpaired) electrons. The number of nitrogens with one attached hydrogen (secondary N) is 2. The molecule has 5 heteroatoms. The summed E-state index contributed by atoms with van der Waals surface area (Å²) in [7, 11) is 1.96. The van der Waals surface area contributed by atoms with Gasteiger partial charge in [0.25, 0.3) is 0 Å². The summed E-state index contributed by atoms with van der Waals surface area (Å²) in [6, 6.07) is 11.7. The first-order valence-electron chi connectivity index (χ1n) is 10.5. The highest BCUT2D eigenvalue weighted by atomic mass is 19.1. The molecule has 150 valence electrons. The highest BCUT2D eigenvalue weighted by Crippen LogP contribution is 2.40. The minimum Gasteiger partial charge on any atom is -0.371 e. The summed E-state index contributed by atoms with van der Waals surface area (Å²) in [5.41, 5.74) is 7.88. The molecule has 4 nitrogen and oxygen atoms in total. The first-order chi connectivity index (χ1) is 14.7. The van der Waals surface area contributed by atoms with E-state index in [1.807, 2.05) is 23.9 Å². The van der Waals surface area contributed by atoms with Crippen LogP contribution in [0.1, 0.15) is 12.8 Å². The van der Waals surface area contributed by atoms with E-state index >= 15 is 0 Å². The fourth-order valence-corrected chi connectivity index (χ4v) is 4.89. The normalized spacial score (nSPS) is 14.4. The van der Waals surface area contributed by atoms with Gasteiger partial charge in [-0.15, -0.1) is 0 Å². The zero-order chi connectivity index (χ0) is 20.2. The molecule has 0 amide bonds. The van der Waals surface area contributed by atoms with Crippen molar-refractivity contribution in [1.82, 2.24) is 14.5 Å². The van der Waals surface area contributed by atoms with Gasteiger partial charge in [-0.05, 0) is 43.2 Å². The molecule has 0 bridgehead atoms. The number of fused-ring (bicyclic) bond motifs is 2. The highest BCUT2D eigenvalue weighted by molar-refractivity contribution is 6.05. The Morgan fingerprint density at radius 1 is 0.833 bits per heavy atom. The largest absolute Gasteiger partial charge is 0.371 e. The summed E-state index contributed by atoms with van der Waals surface area (Å²) < 4.78 is 15.8. The van der Waals surface area contributed by atoms with E-state index < -0.39 is 0 Å². The van der Waals surface area contributed by atoms with Crippen LogP contribution >= 0.6 is 0 Å². The molecule has 4 heterocycles. The van der Waals surface area contributed by atoms with Crippen LogP contribution in [0.15, 0.2) is 61.2 Å². The standard InChI is InChI=1S/C25H23FN4/c1-29-15-23(19-6-4-16(26)10-25(19)29)21-13-27-12-20(21)22-14-28-24-11-17(5-7-18(22)24)30-8-2-3-9-30/h4-7,10-15,27-28H,2-3,8-9H2,1H3. The number of anilines is 1. The van der Waals surface area contributed by atoms with Gasteiger partial charge in [0.15, 0.2) is 0 Å². The molecule has 0 saturated carbocycles. The van der Waals surface area contributed by atoms with E-state index in [1.54, 1.807) is 6.07 Å². The maximum atomic E-state index is 13.8. The van der Waals surface area contributed by atoms with Crippen LogP contribution in [0.25, 0.3) is 44.1 Å². The van der Waals surface area contributed by atoms with Gasteiger partial charge in [0.05, 0.1) is 5.52 Å². The molecule has 1 aliphatic rings. The zero-order valence-electron chi connectivity index (χ0n) is 16.9. The Labute approximate surface area is 173 Å². The summed E-state index contributed by atoms with van der Waals surface area (Å²) in [5.74, 6) is -0.213. The Balaban J connectivity index is 1.48. The van der Waals surface area contributed by atoms with E-state index in [4.69, 9.17) is 0 Å². The number of benzene rings is 2. The van der Waals surface area contributed by atoms with Crippen LogP contribution in [0.5, 0.6) is 0 Å². The van der Waals surface area contributed by atoms with Crippen LogP contribution < -0.4 is 4.90 Å². The Kier molecular flexibility index (Phi) is 3.78. The van der Waals surface area contributed by atoms with Crippen LogP contribution in [-0.4, -0.2) is 27.6 Å². The molecule has 0 unspecified atom stereocenters. The van der Waals surface area contributed by atoms with E-state index in [-0.39, 0.29) is 5.82 Å². The van der Waals surface area contributed by atoms with Crippen molar-refractivity contribution in [1.29, 1.82) is 0 Å². The molecular formula is C25H23FN4. The molecule has 3 aromatic heterocycles. The van der Waals surface area contributed by atoms with E-state index in [0.717, 1.165) is 46.2 Å². The summed E-state index contributed by atoms with van der Waals surface area (Å²) >= 11 is 0. The lowest BCUT2D eigenvalue weighted by Gasteiger charge is -2.17. The molecule has 30 heavy (non-hydrogen) atoms. The fourth-order valence-electron chi connectivity index (χ4n) is 4.89. The SMILES string of the molecule is Cn1cc(-c2c[nH]cc2-c2c[nH]c3cc(N4CCCC4)ccc23)c2ccc(F)cc21. The van der Waals surface area contributed by atoms with E-state index in [1.165, 1.54) is 35.5 Å². The lowest BCUT2D eigenvalue weighted by atomic mass is 9.98. The quantitative estimate of drug-likeness (QED) is 0.381. The predicted molar refractivity (Wildman–Crippen MR) is 121 cm³/mol. The van der Waals surface area contributed by atoms with Crippen LogP contribution in [0.2, 0.25) is 0 Å². The van der Waals surface area contributed by atoms with Crippen LogP contribution in [0.4, 0.5) is 10.1 Å². The second-order valence-corrected chi connectivity index (χ2v) is 8.22. The second-order valence-electron chi connectivity index (χ2n) is 8.22. The summed E-state index contributed by atoms with van der Waals surface area (Å²) in [6.07, 6.45) is 10.8. The Morgan fingerprint density at radius 3 is 2.43 bits per heavy atom. The molecule has 1 fully saturated rings. The van der Waals surface area contributed by atoms with Gasteiger partial charge in [0, 0.05) is 89.2 Å². The van der Waals surface area contributed by atoms with Crippen LogP contribution in [0, 0.1) is 5.82 Å². The van der Waals surface area contributed by atoms with Crippen molar-refractivity contribution in [2.45, 2.75) is 12.8 Å². The lowest BCUT2D eigenvalue weighted by molar-refractivity contribution is 0.629. The van der Waals surface area contributed by atoms with Crippen molar-refractivity contribution in [2.75, 3.05) is 18.0 Å². The van der Waals surface area contributed by atoms with Crippen molar-refractivity contribution in [3.8, 4) is 22.3 Å². The van der Waals surface area contributed by atoms with Crippen molar-refractivity contribution in [2.24, 2.45) is 7.05 Å². The smallest absolute Gasteiger partial charge is 0.125 e. The van der Waals surface area contributed by atoms with E-state index in [2.05, 4.69) is 51.7 Å². The molecule has 0 atom stereocenters. The molecule has 2 aromatic carbocycles. The molecule has 1 saturated heterocycles. The molecule has 1 aliphatic heterocycles. The number of hydrogen-bond acceptors (Lipinski definition) is 1. The van der Waals surface area contributed by atoms with Crippen LogP contribution in [-0.2, 0) is 7.05 Å². The maximum Gasteiger partial charge on any atom is 0.125 e. The van der Waals surface area contributed by atoms with Gasteiger partial charge >= 0.3 is 0 Å². The Bertz CT molecular complexity index is 1380. The third-order valence-corrected chi connectivity index (χ3v) is 6.42. The third-order valence-electron chi connectivity index (χ3n) is 6.42. The van der Waals surface area contributed by atoms with Crippen molar-refractivity contribution >= 4 is 27.5 Å². The molecule has 0 aliphatic carbocycles. The van der Waals surface area contributed by atoms with Gasteiger partial charge in [-0.1, -0.05) is 6.07 Å². The number of aromatic nitrogens is 3. The number of rotatable bonds is 3. The summed E-state index contributed by atoms with van der Waals surface area (Å²) in [6.45, 7) is 2.28. The molecule has 6 rings (SSSR count). The first-order valence-corrected chi connectivity index (χ1v) is 10.5. The van der Waals surface area contributed by atoms with Crippen molar-refractivity contribution in [3.63, 3.8) is 0 Å². The van der Waals surface area contributed by atoms with Gasteiger partial charge in [-0.2, -0.15) is 0 Å². The average Bonchev–Trinajstić information content (AvgIpc) is 3.54. The molecular weight excluding hydrogens is 375 g/mol.